The summed E-state index contributed by atoms with van der Waals surface area (Å²) in [4.78, 5) is 17.9. The minimum Gasteiger partial charge on any atom is -0.481 e. The molecule has 4 rings (SSSR count). The van der Waals surface area contributed by atoms with Gasteiger partial charge in [0.2, 0.25) is 5.88 Å². The zero-order valence-electron chi connectivity index (χ0n) is 18.7. The summed E-state index contributed by atoms with van der Waals surface area (Å²) in [6.45, 7) is 6.66. The van der Waals surface area contributed by atoms with Gasteiger partial charge in [-0.1, -0.05) is 18.0 Å². The molecule has 0 aliphatic carbocycles. The minimum absolute atomic E-state index is 0.122. The quantitative estimate of drug-likeness (QED) is 0.550. The number of aromatic nitrogens is 2. The van der Waals surface area contributed by atoms with Crippen molar-refractivity contribution in [1.82, 2.24) is 14.9 Å². The number of benzene rings is 1. The SMILES string of the molecule is COc1nc(C)cc2c1CNC(=O)c1cc(Cl)cc3c1c(cn3C(C)C)CCCCC2. The lowest BCUT2D eigenvalue weighted by atomic mass is 9.99. The molecule has 0 saturated heterocycles. The Balaban J connectivity index is 1.82. The standard InChI is InChI=1S/C25H30ClN3O2/c1-15(2)29-14-18-9-7-5-6-8-17-10-16(3)28-25(31-4)21(17)13-27-24(30)20-11-19(26)12-22(29)23(18)20/h10-12,14-15H,5-9,13H2,1-4H3,(H,27,30). The summed E-state index contributed by atoms with van der Waals surface area (Å²) in [5, 5.41) is 4.70. The summed E-state index contributed by atoms with van der Waals surface area (Å²) < 4.78 is 7.78. The zero-order valence-corrected chi connectivity index (χ0v) is 19.5. The average Bonchev–Trinajstić information content (AvgIpc) is 3.09. The molecule has 0 atom stereocenters. The lowest BCUT2D eigenvalue weighted by Crippen LogP contribution is -2.24. The second-order valence-corrected chi connectivity index (χ2v) is 9.09. The highest BCUT2D eigenvalue weighted by Crippen LogP contribution is 2.33. The number of halogens is 1. The van der Waals surface area contributed by atoms with E-state index in [1.807, 2.05) is 13.0 Å². The molecule has 6 heteroatoms. The molecule has 31 heavy (non-hydrogen) atoms. The Bertz CT molecular complexity index is 1130. The Labute approximate surface area is 188 Å². The molecule has 3 aromatic rings. The third kappa shape index (κ3) is 4.29. The maximum absolute atomic E-state index is 13.4. The largest absolute Gasteiger partial charge is 0.481 e. The average molecular weight is 440 g/mol. The molecule has 2 aromatic heterocycles. The predicted molar refractivity (Wildman–Crippen MR) is 125 cm³/mol. The number of amides is 1. The molecule has 0 unspecified atom stereocenters. The van der Waals surface area contributed by atoms with Crippen LogP contribution >= 0.6 is 11.6 Å². The van der Waals surface area contributed by atoms with Gasteiger partial charge >= 0.3 is 0 Å². The van der Waals surface area contributed by atoms with Crippen LogP contribution in [0.4, 0.5) is 0 Å². The minimum atomic E-state index is -0.122. The molecule has 0 fully saturated rings. The molecule has 1 N–H and O–H groups in total. The van der Waals surface area contributed by atoms with Gasteiger partial charge in [0.25, 0.3) is 5.91 Å². The highest BCUT2D eigenvalue weighted by Gasteiger charge is 2.21. The van der Waals surface area contributed by atoms with Crippen molar-refractivity contribution in [1.29, 1.82) is 0 Å². The summed E-state index contributed by atoms with van der Waals surface area (Å²) in [6.07, 6.45) is 7.40. The van der Waals surface area contributed by atoms with Gasteiger partial charge in [-0.3, -0.25) is 4.79 Å². The molecule has 0 bridgehead atoms. The van der Waals surface area contributed by atoms with Gasteiger partial charge in [0, 0.05) is 40.4 Å². The number of carbonyl (C=O) groups is 1. The van der Waals surface area contributed by atoms with Gasteiger partial charge < -0.3 is 14.6 Å². The van der Waals surface area contributed by atoms with E-state index >= 15 is 0 Å². The first-order valence-electron chi connectivity index (χ1n) is 11.0. The molecular weight excluding hydrogens is 410 g/mol. The van der Waals surface area contributed by atoms with Gasteiger partial charge in [0.05, 0.1) is 18.2 Å². The summed E-state index contributed by atoms with van der Waals surface area (Å²) in [6, 6.07) is 6.16. The van der Waals surface area contributed by atoms with Crippen LogP contribution in [0.1, 0.15) is 71.9 Å². The lowest BCUT2D eigenvalue weighted by Gasteiger charge is -2.16. The topological polar surface area (TPSA) is 56.1 Å². The fourth-order valence-corrected chi connectivity index (χ4v) is 4.83. The molecule has 3 heterocycles. The van der Waals surface area contributed by atoms with Crippen molar-refractivity contribution in [2.24, 2.45) is 0 Å². The third-order valence-electron chi connectivity index (χ3n) is 6.10. The predicted octanol–water partition coefficient (Wildman–Crippen LogP) is 5.79. The number of hydrogen-bond donors (Lipinski definition) is 1. The summed E-state index contributed by atoms with van der Waals surface area (Å²) in [5.41, 5.74) is 5.96. The van der Waals surface area contributed by atoms with Crippen LogP contribution in [0.25, 0.3) is 10.9 Å². The van der Waals surface area contributed by atoms with Crippen LogP contribution in [0.2, 0.25) is 5.02 Å². The van der Waals surface area contributed by atoms with Gasteiger partial charge in [-0.05, 0) is 75.8 Å². The van der Waals surface area contributed by atoms with E-state index in [0.717, 1.165) is 54.3 Å². The fraction of sp³-hybridized carbons (Fsp3) is 0.440. The Kier molecular flexibility index (Phi) is 6.24. The second-order valence-electron chi connectivity index (χ2n) is 8.66. The van der Waals surface area contributed by atoms with E-state index < -0.39 is 0 Å². The van der Waals surface area contributed by atoms with E-state index in [2.05, 4.69) is 41.0 Å². The van der Waals surface area contributed by atoms with E-state index in [1.54, 1.807) is 13.2 Å². The smallest absolute Gasteiger partial charge is 0.252 e. The Morgan fingerprint density at radius 1 is 1.13 bits per heavy atom. The molecule has 0 spiro atoms. The number of methoxy groups -OCH3 is 1. The molecule has 0 saturated carbocycles. The molecule has 164 valence electrons. The van der Waals surface area contributed by atoms with Gasteiger partial charge in [0.1, 0.15) is 0 Å². The number of rotatable bonds is 2. The lowest BCUT2D eigenvalue weighted by molar-refractivity contribution is 0.0952. The molecule has 0 radical (unpaired) electrons. The van der Waals surface area contributed by atoms with Crippen molar-refractivity contribution in [2.45, 2.75) is 65.5 Å². The van der Waals surface area contributed by atoms with Crippen LogP contribution in [0, 0.1) is 6.92 Å². The molecule has 1 amide bonds. The summed E-state index contributed by atoms with van der Waals surface area (Å²) in [7, 11) is 1.63. The summed E-state index contributed by atoms with van der Waals surface area (Å²) >= 11 is 6.45. The van der Waals surface area contributed by atoms with Crippen molar-refractivity contribution in [2.75, 3.05) is 7.11 Å². The van der Waals surface area contributed by atoms with E-state index in [1.165, 1.54) is 11.1 Å². The number of nitrogens with zero attached hydrogens (tertiary/aromatic N) is 2. The number of fused-ring (bicyclic) bond motifs is 1. The van der Waals surface area contributed by atoms with E-state index in [9.17, 15) is 4.79 Å². The van der Waals surface area contributed by atoms with Gasteiger partial charge in [0.15, 0.2) is 0 Å². The van der Waals surface area contributed by atoms with Crippen molar-refractivity contribution in [3.8, 4) is 5.88 Å². The Hall–Kier alpha value is -2.53. The molecule has 5 nitrogen and oxygen atoms in total. The summed E-state index contributed by atoms with van der Waals surface area (Å²) in [5.74, 6) is 0.469. The van der Waals surface area contributed by atoms with Crippen LogP contribution in [-0.2, 0) is 19.4 Å². The Morgan fingerprint density at radius 2 is 1.87 bits per heavy atom. The van der Waals surface area contributed by atoms with Crippen LogP contribution < -0.4 is 10.1 Å². The number of hydrogen-bond acceptors (Lipinski definition) is 3. The highest BCUT2D eigenvalue weighted by molar-refractivity contribution is 6.32. The number of ether oxygens (including phenoxy) is 1. The molecular formula is C25H30ClN3O2. The maximum atomic E-state index is 13.4. The molecule has 1 aliphatic rings. The Morgan fingerprint density at radius 3 is 2.58 bits per heavy atom. The van der Waals surface area contributed by atoms with E-state index in [4.69, 9.17) is 16.3 Å². The molecule has 1 aliphatic heterocycles. The monoisotopic (exact) mass is 439 g/mol. The van der Waals surface area contributed by atoms with Crippen LogP contribution in [0.3, 0.4) is 0 Å². The fourth-order valence-electron chi connectivity index (χ4n) is 4.62. The second kappa shape index (κ2) is 8.91. The van der Waals surface area contributed by atoms with Crippen LogP contribution in [0.15, 0.2) is 24.4 Å². The van der Waals surface area contributed by atoms with Crippen molar-refractivity contribution in [3.63, 3.8) is 0 Å². The maximum Gasteiger partial charge on any atom is 0.252 e. The third-order valence-corrected chi connectivity index (χ3v) is 6.31. The van der Waals surface area contributed by atoms with Gasteiger partial charge in [-0.25, -0.2) is 4.98 Å². The number of aryl methyl sites for hydroxylation is 3. The van der Waals surface area contributed by atoms with E-state index in [-0.39, 0.29) is 11.9 Å². The van der Waals surface area contributed by atoms with E-state index in [0.29, 0.717) is 23.0 Å². The number of carbonyl (C=O) groups excluding carboxylic acids is 1. The zero-order chi connectivity index (χ0) is 22.1. The number of pyridine rings is 1. The normalized spacial score (nSPS) is 15.1. The van der Waals surface area contributed by atoms with Crippen LogP contribution in [-0.4, -0.2) is 22.6 Å². The highest BCUT2D eigenvalue weighted by atomic mass is 35.5. The number of nitrogens with one attached hydrogen (secondary N) is 1. The van der Waals surface area contributed by atoms with Crippen molar-refractivity contribution < 1.29 is 9.53 Å². The first-order valence-corrected chi connectivity index (χ1v) is 11.4. The molecule has 1 aromatic carbocycles. The van der Waals surface area contributed by atoms with Crippen LogP contribution in [0.5, 0.6) is 5.88 Å². The van der Waals surface area contributed by atoms with Crippen molar-refractivity contribution >= 4 is 28.4 Å². The van der Waals surface area contributed by atoms with Gasteiger partial charge in [-0.2, -0.15) is 0 Å². The first-order chi connectivity index (χ1) is 14.9. The first kappa shape index (κ1) is 21.7. The van der Waals surface area contributed by atoms with Gasteiger partial charge in [-0.15, -0.1) is 0 Å². The van der Waals surface area contributed by atoms with Crippen molar-refractivity contribution in [3.05, 3.63) is 57.4 Å².